The van der Waals surface area contributed by atoms with Crippen molar-refractivity contribution in [3.8, 4) is 0 Å². The van der Waals surface area contributed by atoms with Crippen LogP contribution in [0.25, 0.3) is 10.8 Å². The third-order valence-corrected chi connectivity index (χ3v) is 5.00. The highest BCUT2D eigenvalue weighted by Crippen LogP contribution is 2.28. The lowest BCUT2D eigenvalue weighted by Gasteiger charge is -2.26. The molecule has 0 heterocycles. The molecule has 1 unspecified atom stereocenters. The molecule has 3 rings (SSSR count). The van der Waals surface area contributed by atoms with E-state index in [0.29, 0.717) is 6.04 Å². The number of rotatable bonds is 4. The third-order valence-electron chi connectivity index (χ3n) is 5.00. The summed E-state index contributed by atoms with van der Waals surface area (Å²) in [6.45, 7) is 0. The van der Waals surface area contributed by atoms with Gasteiger partial charge in [-0.2, -0.15) is 0 Å². The second-order valence-electron chi connectivity index (χ2n) is 6.37. The quantitative estimate of drug-likeness (QED) is 0.501. The van der Waals surface area contributed by atoms with Crippen molar-refractivity contribution < 1.29 is 0 Å². The molecular weight excluding hydrogens is 256 g/mol. The van der Waals surface area contributed by atoms with Crippen molar-refractivity contribution in [3.63, 3.8) is 0 Å². The normalized spacial score (nSPS) is 18.5. The molecule has 2 nitrogen and oxygen atoms in total. The first-order chi connectivity index (χ1) is 10.4. The second-order valence-corrected chi connectivity index (χ2v) is 6.37. The summed E-state index contributed by atoms with van der Waals surface area (Å²) in [5, 5.41) is 2.69. The van der Waals surface area contributed by atoms with Gasteiger partial charge in [0.1, 0.15) is 0 Å². The molecule has 21 heavy (non-hydrogen) atoms. The predicted octanol–water partition coefficient (Wildman–Crippen LogP) is 4.18. The van der Waals surface area contributed by atoms with Gasteiger partial charge in [-0.05, 0) is 41.5 Å². The molecule has 2 aromatic carbocycles. The van der Waals surface area contributed by atoms with E-state index < -0.39 is 0 Å². The van der Waals surface area contributed by atoms with Gasteiger partial charge < -0.3 is 0 Å². The minimum absolute atomic E-state index is 0.397. The largest absolute Gasteiger partial charge is 0.271 e. The van der Waals surface area contributed by atoms with Crippen molar-refractivity contribution in [2.75, 3.05) is 0 Å². The van der Waals surface area contributed by atoms with E-state index in [1.54, 1.807) is 0 Å². The number of benzene rings is 2. The molecule has 1 aliphatic carbocycles. The maximum absolute atomic E-state index is 5.90. The molecule has 1 atom stereocenters. The summed E-state index contributed by atoms with van der Waals surface area (Å²) in [5.74, 6) is 6.62. The van der Waals surface area contributed by atoms with Crippen LogP contribution in [0.3, 0.4) is 0 Å². The van der Waals surface area contributed by atoms with Crippen LogP contribution in [0.1, 0.15) is 44.1 Å². The van der Waals surface area contributed by atoms with Crippen LogP contribution in [-0.2, 0) is 6.42 Å². The average molecular weight is 282 g/mol. The first kappa shape index (κ1) is 14.6. The van der Waals surface area contributed by atoms with Gasteiger partial charge in [0, 0.05) is 6.04 Å². The Labute approximate surface area is 127 Å². The topological polar surface area (TPSA) is 38.0 Å². The summed E-state index contributed by atoms with van der Waals surface area (Å²) in [6, 6.07) is 15.7. The van der Waals surface area contributed by atoms with Crippen LogP contribution in [-0.4, -0.2) is 6.04 Å². The lowest BCUT2D eigenvalue weighted by atomic mass is 9.87. The van der Waals surface area contributed by atoms with E-state index in [1.165, 1.54) is 54.9 Å². The van der Waals surface area contributed by atoms with Gasteiger partial charge in [0.05, 0.1) is 0 Å². The molecule has 0 bridgehead atoms. The van der Waals surface area contributed by atoms with Gasteiger partial charge in [-0.1, -0.05) is 68.1 Å². The third kappa shape index (κ3) is 3.45. The van der Waals surface area contributed by atoms with Crippen molar-refractivity contribution in [1.29, 1.82) is 0 Å². The predicted molar refractivity (Wildman–Crippen MR) is 90.0 cm³/mol. The number of nitrogens with two attached hydrogens (primary N) is 1. The zero-order valence-corrected chi connectivity index (χ0v) is 12.7. The minimum Gasteiger partial charge on any atom is -0.271 e. The highest BCUT2D eigenvalue weighted by molar-refractivity contribution is 5.85. The van der Waals surface area contributed by atoms with Gasteiger partial charge in [-0.3, -0.25) is 11.3 Å². The number of hydrogen-bond donors (Lipinski definition) is 2. The van der Waals surface area contributed by atoms with Gasteiger partial charge >= 0.3 is 0 Å². The minimum atomic E-state index is 0.397. The van der Waals surface area contributed by atoms with E-state index in [-0.39, 0.29) is 0 Å². The SMILES string of the molecule is NNC(Cc1cccc2ccccc12)C1CCCCCC1. The Morgan fingerprint density at radius 1 is 0.952 bits per heavy atom. The molecule has 1 saturated carbocycles. The summed E-state index contributed by atoms with van der Waals surface area (Å²) in [7, 11) is 0. The van der Waals surface area contributed by atoms with Crippen LogP contribution in [0.5, 0.6) is 0 Å². The average Bonchev–Trinajstić information content (AvgIpc) is 2.82. The van der Waals surface area contributed by atoms with Crippen LogP contribution in [0.15, 0.2) is 42.5 Å². The molecule has 0 spiro atoms. The van der Waals surface area contributed by atoms with E-state index in [4.69, 9.17) is 5.84 Å². The Balaban J connectivity index is 1.81. The van der Waals surface area contributed by atoms with Crippen LogP contribution in [0, 0.1) is 5.92 Å². The fourth-order valence-corrected chi connectivity index (χ4v) is 3.78. The van der Waals surface area contributed by atoms with Crippen molar-refractivity contribution >= 4 is 10.8 Å². The molecule has 1 fully saturated rings. The van der Waals surface area contributed by atoms with E-state index in [9.17, 15) is 0 Å². The van der Waals surface area contributed by atoms with E-state index in [0.717, 1.165) is 12.3 Å². The molecule has 1 aliphatic rings. The van der Waals surface area contributed by atoms with E-state index in [1.807, 2.05) is 0 Å². The first-order valence-corrected chi connectivity index (χ1v) is 8.31. The number of fused-ring (bicyclic) bond motifs is 1. The maximum atomic E-state index is 5.90. The maximum Gasteiger partial charge on any atom is 0.0279 e. The van der Waals surface area contributed by atoms with Crippen LogP contribution in [0.2, 0.25) is 0 Å². The lowest BCUT2D eigenvalue weighted by molar-refractivity contribution is 0.321. The van der Waals surface area contributed by atoms with Crippen molar-refractivity contribution in [3.05, 3.63) is 48.0 Å². The second kappa shape index (κ2) is 7.06. The van der Waals surface area contributed by atoms with Crippen molar-refractivity contribution in [1.82, 2.24) is 5.43 Å². The summed E-state index contributed by atoms with van der Waals surface area (Å²) in [6.07, 6.45) is 9.17. The fourth-order valence-electron chi connectivity index (χ4n) is 3.78. The van der Waals surface area contributed by atoms with Crippen LogP contribution in [0.4, 0.5) is 0 Å². The monoisotopic (exact) mass is 282 g/mol. The molecule has 2 heteroatoms. The summed E-state index contributed by atoms with van der Waals surface area (Å²) in [4.78, 5) is 0. The molecule has 0 saturated heterocycles. The van der Waals surface area contributed by atoms with Gasteiger partial charge in [0.25, 0.3) is 0 Å². The van der Waals surface area contributed by atoms with Crippen molar-refractivity contribution in [2.24, 2.45) is 11.8 Å². The molecule has 0 aliphatic heterocycles. The zero-order chi connectivity index (χ0) is 14.5. The van der Waals surface area contributed by atoms with Crippen LogP contribution >= 0.6 is 0 Å². The first-order valence-electron chi connectivity index (χ1n) is 8.31. The van der Waals surface area contributed by atoms with Gasteiger partial charge in [-0.25, -0.2) is 0 Å². The summed E-state index contributed by atoms with van der Waals surface area (Å²) < 4.78 is 0. The molecule has 0 radical (unpaired) electrons. The summed E-state index contributed by atoms with van der Waals surface area (Å²) >= 11 is 0. The number of hydrogen-bond acceptors (Lipinski definition) is 2. The Morgan fingerprint density at radius 3 is 2.43 bits per heavy atom. The lowest BCUT2D eigenvalue weighted by Crippen LogP contribution is -2.42. The van der Waals surface area contributed by atoms with E-state index in [2.05, 4.69) is 47.9 Å². The Bertz CT molecular complexity index is 565. The van der Waals surface area contributed by atoms with Crippen molar-refractivity contribution in [2.45, 2.75) is 51.0 Å². The number of hydrazine groups is 1. The molecular formula is C19H26N2. The number of nitrogens with one attached hydrogen (secondary N) is 1. The van der Waals surface area contributed by atoms with Gasteiger partial charge in [-0.15, -0.1) is 0 Å². The standard InChI is InChI=1S/C19H26N2/c20-21-19(16-9-3-1-2-4-10-16)14-17-12-7-11-15-8-5-6-13-18(15)17/h5-8,11-13,16,19,21H,1-4,9-10,14,20H2. The molecule has 0 aromatic heterocycles. The highest BCUT2D eigenvalue weighted by atomic mass is 15.2. The zero-order valence-electron chi connectivity index (χ0n) is 12.7. The molecule has 0 amide bonds. The van der Waals surface area contributed by atoms with Crippen LogP contribution < -0.4 is 11.3 Å². The van der Waals surface area contributed by atoms with E-state index >= 15 is 0 Å². The fraction of sp³-hybridized carbons (Fsp3) is 0.474. The molecule has 2 aromatic rings. The summed E-state index contributed by atoms with van der Waals surface area (Å²) in [5.41, 5.74) is 4.53. The Hall–Kier alpha value is -1.38. The van der Waals surface area contributed by atoms with Gasteiger partial charge in [0.2, 0.25) is 0 Å². The Morgan fingerprint density at radius 2 is 1.67 bits per heavy atom. The highest BCUT2D eigenvalue weighted by Gasteiger charge is 2.22. The molecule has 3 N–H and O–H groups in total. The molecule has 112 valence electrons. The van der Waals surface area contributed by atoms with Gasteiger partial charge in [0.15, 0.2) is 0 Å². The smallest absolute Gasteiger partial charge is 0.0279 e. The Kier molecular flexibility index (Phi) is 4.89.